The van der Waals surface area contributed by atoms with Crippen LogP contribution in [-0.4, -0.2) is 88.7 Å². The lowest BCUT2D eigenvalue weighted by Crippen LogP contribution is -2.37. The molecule has 2 aromatic carbocycles. The highest BCUT2D eigenvalue weighted by Crippen LogP contribution is 2.34. The first-order valence-corrected chi connectivity index (χ1v) is 16.0. The largest absolute Gasteiger partial charge is 0.457 e. The molecule has 2 heterocycles. The second-order valence-corrected chi connectivity index (χ2v) is 12.1. The third-order valence-corrected chi connectivity index (χ3v) is 5.61. The van der Waals surface area contributed by atoms with E-state index in [1.54, 1.807) is 6.07 Å². The van der Waals surface area contributed by atoms with Gasteiger partial charge in [0.15, 0.2) is 0 Å². The lowest BCUT2D eigenvalue weighted by atomic mass is 10.0. The normalized spacial score (nSPS) is 15.2. The summed E-state index contributed by atoms with van der Waals surface area (Å²) in [6, 6.07) is 11.8. The van der Waals surface area contributed by atoms with Crippen molar-refractivity contribution in [2.45, 2.75) is 25.8 Å². The Kier molecular flexibility index (Phi) is 12.8. The van der Waals surface area contributed by atoms with Gasteiger partial charge in [-0.25, -0.2) is 0 Å². The fourth-order valence-corrected chi connectivity index (χ4v) is 3.94. The number of nitrogens with zero attached hydrogens (tertiary/aromatic N) is 1. The number of nitrogens with two attached hydrogens (primary N) is 1. The molecule has 1 saturated heterocycles. The highest BCUT2D eigenvalue weighted by atomic mass is 32.2. The van der Waals surface area contributed by atoms with Crippen molar-refractivity contribution in [3.8, 4) is 11.5 Å². The summed E-state index contributed by atoms with van der Waals surface area (Å²) in [5, 5.41) is 3.55. The molecule has 0 atom stereocenters. The van der Waals surface area contributed by atoms with E-state index >= 15 is 0 Å². The number of morpholine rings is 1. The summed E-state index contributed by atoms with van der Waals surface area (Å²) in [6.07, 6.45) is 4.29. The predicted molar refractivity (Wildman–Crippen MR) is 147 cm³/mol. The minimum atomic E-state index is -3.67. The van der Waals surface area contributed by atoms with Crippen LogP contribution in [0.4, 0.5) is 0 Å². The molecule has 5 N–H and O–H groups in total. The van der Waals surface area contributed by atoms with E-state index in [0.29, 0.717) is 18.1 Å². The van der Waals surface area contributed by atoms with E-state index in [1.807, 2.05) is 12.1 Å². The van der Waals surface area contributed by atoms with E-state index in [2.05, 4.69) is 28.4 Å². The fraction of sp³-hybridized carbons (Fsp3) is 0.480. The van der Waals surface area contributed by atoms with Crippen molar-refractivity contribution in [2.24, 2.45) is 5.73 Å². The number of primary amides is 1. The zero-order valence-corrected chi connectivity index (χ0v) is 23.8. The van der Waals surface area contributed by atoms with Crippen LogP contribution in [0.2, 0.25) is 0 Å². The number of carbonyl (C=O) groups excluding carboxylic acids is 1. The Bertz CT molecular complexity index is 1260. The Morgan fingerprint density at radius 2 is 1.49 bits per heavy atom. The molecule has 0 aliphatic carbocycles. The molecule has 0 bridgehead atoms. The summed E-state index contributed by atoms with van der Waals surface area (Å²) in [4.78, 5) is 13.9. The minimum Gasteiger partial charge on any atom is -0.457 e. The van der Waals surface area contributed by atoms with E-state index in [9.17, 15) is 21.6 Å². The van der Waals surface area contributed by atoms with Crippen molar-refractivity contribution in [1.29, 1.82) is 0 Å². The van der Waals surface area contributed by atoms with Crippen LogP contribution in [-0.2, 0) is 44.4 Å². The van der Waals surface area contributed by atoms with Crippen molar-refractivity contribution in [1.82, 2.24) is 10.2 Å². The smallest absolute Gasteiger partial charge is 0.261 e. The molecule has 218 valence electrons. The Labute approximate surface area is 230 Å². The Morgan fingerprint density at radius 1 is 0.949 bits per heavy atom. The molecule has 0 radical (unpaired) electrons. The molecular formula is C25H37N3O9S2. The second-order valence-electron chi connectivity index (χ2n) is 9.18. The third kappa shape index (κ3) is 14.4. The predicted octanol–water partition coefficient (Wildman–Crippen LogP) is 1.50. The van der Waals surface area contributed by atoms with Crippen LogP contribution in [0.1, 0.15) is 33.5 Å². The molecule has 2 aromatic rings. The molecule has 2 aliphatic rings. The summed E-state index contributed by atoms with van der Waals surface area (Å²) in [7, 11) is -7.33. The SMILES string of the molecule is CS(=O)(=O)O.CS(=O)(=O)O.NC(=O)c1ccc2c(c1)CCc1cc(CNCCCN3CCOCC3)ccc1O2. The van der Waals surface area contributed by atoms with Gasteiger partial charge in [-0.15, -0.1) is 0 Å². The lowest BCUT2D eigenvalue weighted by molar-refractivity contribution is 0.0374. The average molecular weight is 588 g/mol. The Hall–Kier alpha value is -2.59. The molecule has 0 aromatic heterocycles. The number of nitrogens with one attached hydrogen (secondary N) is 1. The van der Waals surface area contributed by atoms with E-state index in [1.165, 1.54) is 11.1 Å². The maximum Gasteiger partial charge on any atom is 0.261 e. The molecule has 2 aliphatic heterocycles. The van der Waals surface area contributed by atoms with Crippen LogP contribution in [0.15, 0.2) is 36.4 Å². The molecule has 12 nitrogen and oxygen atoms in total. The van der Waals surface area contributed by atoms with E-state index < -0.39 is 26.1 Å². The molecular weight excluding hydrogens is 550 g/mol. The zero-order chi connectivity index (χ0) is 29.1. The van der Waals surface area contributed by atoms with Crippen LogP contribution < -0.4 is 15.8 Å². The molecule has 1 fully saturated rings. The van der Waals surface area contributed by atoms with Gasteiger partial charge in [0.1, 0.15) is 11.5 Å². The van der Waals surface area contributed by atoms with Crippen molar-refractivity contribution < 1.29 is 40.2 Å². The van der Waals surface area contributed by atoms with Gasteiger partial charge < -0.3 is 20.5 Å². The van der Waals surface area contributed by atoms with Crippen molar-refractivity contribution in [3.63, 3.8) is 0 Å². The summed E-state index contributed by atoms with van der Waals surface area (Å²) in [5.41, 5.74) is 9.43. The number of fused-ring (bicyclic) bond motifs is 2. The van der Waals surface area contributed by atoms with E-state index in [4.69, 9.17) is 24.3 Å². The molecule has 4 rings (SSSR count). The monoisotopic (exact) mass is 587 g/mol. The summed E-state index contributed by atoms with van der Waals surface area (Å²) in [6.45, 7) is 6.81. The molecule has 39 heavy (non-hydrogen) atoms. The number of hydrogen-bond acceptors (Lipinski definition) is 9. The Balaban J connectivity index is 0.000000458. The van der Waals surface area contributed by atoms with Gasteiger partial charge in [-0.3, -0.25) is 18.8 Å². The average Bonchev–Trinajstić information content (AvgIpc) is 3.01. The first-order valence-electron chi connectivity index (χ1n) is 12.3. The topological polar surface area (TPSA) is 186 Å². The van der Waals surface area contributed by atoms with Gasteiger partial charge in [0.2, 0.25) is 5.91 Å². The summed E-state index contributed by atoms with van der Waals surface area (Å²) < 4.78 is 63.2. The van der Waals surface area contributed by atoms with Crippen molar-refractivity contribution in [2.75, 3.05) is 51.9 Å². The maximum atomic E-state index is 11.4. The van der Waals surface area contributed by atoms with Crippen molar-refractivity contribution in [3.05, 3.63) is 58.7 Å². The Morgan fingerprint density at radius 3 is 2.05 bits per heavy atom. The van der Waals surface area contributed by atoms with E-state index in [0.717, 1.165) is 82.3 Å². The number of ether oxygens (including phenoxy) is 2. The summed E-state index contributed by atoms with van der Waals surface area (Å²) in [5.74, 6) is 1.30. The number of amides is 1. The molecule has 1 amide bonds. The van der Waals surface area contributed by atoms with Gasteiger partial charge in [-0.1, -0.05) is 12.1 Å². The fourth-order valence-electron chi connectivity index (χ4n) is 3.94. The standard InChI is InChI=1S/C23H29N3O3.2CH4O3S/c24-23(27)20-5-7-22-19(15-20)4-3-18-14-17(2-6-21(18)29-22)16-25-8-1-9-26-10-12-28-13-11-26;2*1-5(2,3)4/h2,5-7,14-15,25H,1,3-4,8-13,16H2,(H2,24,27);2*1H3,(H,2,3,4). The molecule has 14 heteroatoms. The van der Waals surface area contributed by atoms with Gasteiger partial charge in [0.05, 0.1) is 25.7 Å². The van der Waals surface area contributed by atoms with Gasteiger partial charge in [-0.2, -0.15) is 16.8 Å². The maximum absolute atomic E-state index is 11.4. The van der Waals surface area contributed by atoms with Crippen LogP contribution in [0, 0.1) is 0 Å². The van der Waals surface area contributed by atoms with E-state index in [-0.39, 0.29) is 0 Å². The minimum absolute atomic E-state index is 0.406. The second kappa shape index (κ2) is 15.3. The highest BCUT2D eigenvalue weighted by Gasteiger charge is 2.16. The number of benzene rings is 2. The van der Waals surface area contributed by atoms with Crippen LogP contribution >= 0.6 is 0 Å². The number of rotatable bonds is 7. The van der Waals surface area contributed by atoms with Gasteiger partial charge in [-0.05, 0) is 73.3 Å². The first-order chi connectivity index (χ1) is 18.2. The third-order valence-electron chi connectivity index (χ3n) is 5.61. The molecule has 0 saturated carbocycles. The highest BCUT2D eigenvalue weighted by molar-refractivity contribution is 7.85. The first kappa shape index (κ1) is 32.6. The van der Waals surface area contributed by atoms with Crippen molar-refractivity contribution >= 4 is 26.1 Å². The van der Waals surface area contributed by atoms with Crippen LogP contribution in [0.5, 0.6) is 11.5 Å². The van der Waals surface area contributed by atoms with Gasteiger partial charge >= 0.3 is 0 Å². The molecule has 0 spiro atoms. The lowest BCUT2D eigenvalue weighted by Gasteiger charge is -2.26. The molecule has 0 unspecified atom stereocenters. The van der Waals surface area contributed by atoms with Gasteiger partial charge in [0, 0.05) is 25.2 Å². The number of carbonyl (C=O) groups is 1. The van der Waals surface area contributed by atoms with Crippen LogP contribution in [0.3, 0.4) is 0 Å². The summed E-state index contributed by atoms with van der Waals surface area (Å²) >= 11 is 0. The number of aryl methyl sites for hydroxylation is 2. The zero-order valence-electron chi connectivity index (χ0n) is 22.1. The van der Waals surface area contributed by atoms with Gasteiger partial charge in [0.25, 0.3) is 20.2 Å². The number of hydrogen-bond donors (Lipinski definition) is 4. The quantitative estimate of drug-likeness (QED) is 0.272. The van der Waals surface area contributed by atoms with Crippen LogP contribution in [0.25, 0.3) is 0 Å².